The molecule has 1 aliphatic rings. The van der Waals surface area contributed by atoms with Gasteiger partial charge in [0.1, 0.15) is 0 Å². The summed E-state index contributed by atoms with van der Waals surface area (Å²) >= 11 is 0. The Balaban J connectivity index is 1.39. The lowest BCUT2D eigenvalue weighted by Crippen LogP contribution is -2.38. The van der Waals surface area contributed by atoms with Crippen molar-refractivity contribution in [1.82, 2.24) is 29.2 Å². The Hall–Kier alpha value is -3.13. The van der Waals surface area contributed by atoms with E-state index < -0.39 is 0 Å². The predicted octanol–water partition coefficient (Wildman–Crippen LogP) is 1.31. The topological polar surface area (TPSA) is 85.9 Å². The summed E-state index contributed by atoms with van der Waals surface area (Å²) in [5.74, 6) is 0.390. The Kier molecular flexibility index (Phi) is 5.62. The highest BCUT2D eigenvalue weighted by Gasteiger charge is 2.21. The number of hydrogen-bond donors (Lipinski definition) is 0. The van der Waals surface area contributed by atoms with E-state index in [1.165, 1.54) is 10.9 Å². The van der Waals surface area contributed by atoms with Crippen molar-refractivity contribution in [3.05, 3.63) is 75.5 Å². The van der Waals surface area contributed by atoms with Gasteiger partial charge in [0.15, 0.2) is 0 Å². The molecule has 0 saturated carbocycles. The fraction of sp³-hybridized carbons (Fsp3) is 0.381. The first-order valence-corrected chi connectivity index (χ1v) is 9.80. The lowest BCUT2D eigenvalue weighted by atomic mass is 9.96. The van der Waals surface area contributed by atoms with E-state index in [4.69, 9.17) is 0 Å². The molecule has 1 aliphatic heterocycles. The molecule has 4 rings (SSSR count). The zero-order valence-electron chi connectivity index (χ0n) is 16.4. The summed E-state index contributed by atoms with van der Waals surface area (Å²) in [5.41, 5.74) is 2.37. The van der Waals surface area contributed by atoms with Crippen LogP contribution < -0.4 is 11.1 Å². The standard InChI is InChI=1S/C21H24N6O2/c1-25-15-23-12-18(21(25)29)14-26-10-6-16(7-11-26)13-27-20(28)3-2-19(24-27)17-4-8-22-9-5-17/h2-5,8-9,12,15-16H,6-7,10-11,13-14H2,1H3. The molecule has 0 aliphatic carbocycles. The maximum atomic E-state index is 12.3. The number of pyridine rings is 1. The van der Waals surface area contributed by atoms with Crippen LogP contribution >= 0.6 is 0 Å². The Morgan fingerprint density at radius 1 is 1.03 bits per heavy atom. The molecule has 0 amide bonds. The highest BCUT2D eigenvalue weighted by atomic mass is 16.1. The molecule has 8 heteroatoms. The number of aromatic nitrogens is 5. The van der Waals surface area contributed by atoms with Gasteiger partial charge in [0.05, 0.1) is 12.0 Å². The SMILES string of the molecule is Cn1cncc(CN2CCC(Cn3nc(-c4ccncc4)ccc3=O)CC2)c1=O. The summed E-state index contributed by atoms with van der Waals surface area (Å²) in [6.07, 6.45) is 8.56. The summed E-state index contributed by atoms with van der Waals surface area (Å²) in [6, 6.07) is 7.11. The number of piperidine rings is 1. The van der Waals surface area contributed by atoms with Crippen molar-refractivity contribution >= 4 is 0 Å². The van der Waals surface area contributed by atoms with Gasteiger partial charge < -0.3 is 4.57 Å². The van der Waals surface area contributed by atoms with Crippen molar-refractivity contribution in [3.8, 4) is 11.3 Å². The summed E-state index contributed by atoms with van der Waals surface area (Å²) < 4.78 is 3.09. The lowest BCUT2D eigenvalue weighted by molar-refractivity contribution is 0.162. The van der Waals surface area contributed by atoms with Crippen molar-refractivity contribution in [3.63, 3.8) is 0 Å². The summed E-state index contributed by atoms with van der Waals surface area (Å²) in [4.78, 5) is 34.9. The van der Waals surface area contributed by atoms with Gasteiger partial charge in [-0.1, -0.05) is 0 Å². The van der Waals surface area contributed by atoms with Crippen LogP contribution in [-0.2, 0) is 20.1 Å². The minimum Gasteiger partial charge on any atom is -0.302 e. The van der Waals surface area contributed by atoms with E-state index in [2.05, 4.69) is 20.0 Å². The molecule has 150 valence electrons. The average molecular weight is 392 g/mol. The normalized spacial score (nSPS) is 15.5. The monoisotopic (exact) mass is 392 g/mol. The van der Waals surface area contributed by atoms with Crippen LogP contribution in [-0.4, -0.2) is 42.3 Å². The first-order valence-electron chi connectivity index (χ1n) is 9.80. The largest absolute Gasteiger partial charge is 0.302 e. The second-order valence-electron chi connectivity index (χ2n) is 7.53. The van der Waals surface area contributed by atoms with Crippen molar-refractivity contribution in [2.24, 2.45) is 13.0 Å². The molecule has 29 heavy (non-hydrogen) atoms. The quantitative estimate of drug-likeness (QED) is 0.651. The van der Waals surface area contributed by atoms with E-state index in [0.29, 0.717) is 19.0 Å². The molecule has 4 heterocycles. The number of aryl methyl sites for hydroxylation is 1. The fourth-order valence-electron chi connectivity index (χ4n) is 3.73. The smallest absolute Gasteiger partial charge is 0.266 e. The van der Waals surface area contributed by atoms with Crippen molar-refractivity contribution < 1.29 is 0 Å². The Bertz CT molecular complexity index is 1080. The Morgan fingerprint density at radius 3 is 2.55 bits per heavy atom. The third kappa shape index (κ3) is 4.48. The molecule has 8 nitrogen and oxygen atoms in total. The molecule has 3 aromatic rings. The van der Waals surface area contributed by atoms with E-state index >= 15 is 0 Å². The maximum absolute atomic E-state index is 12.3. The van der Waals surface area contributed by atoms with Crippen LogP contribution in [0.15, 0.2) is 58.8 Å². The highest BCUT2D eigenvalue weighted by molar-refractivity contribution is 5.56. The Morgan fingerprint density at radius 2 is 1.79 bits per heavy atom. The molecule has 0 aromatic carbocycles. The molecule has 0 radical (unpaired) electrons. The highest BCUT2D eigenvalue weighted by Crippen LogP contribution is 2.20. The van der Waals surface area contributed by atoms with E-state index in [0.717, 1.165) is 42.8 Å². The van der Waals surface area contributed by atoms with Gasteiger partial charge in [-0.05, 0) is 50.0 Å². The molecule has 0 atom stereocenters. The van der Waals surface area contributed by atoms with Gasteiger partial charge in [0, 0.05) is 55.9 Å². The zero-order chi connectivity index (χ0) is 20.2. The first kappa shape index (κ1) is 19.2. The first-order chi connectivity index (χ1) is 14.1. The summed E-state index contributed by atoms with van der Waals surface area (Å²) in [6.45, 7) is 3.01. The minimum atomic E-state index is -0.0795. The lowest BCUT2D eigenvalue weighted by Gasteiger charge is -2.31. The van der Waals surface area contributed by atoms with Gasteiger partial charge in [-0.25, -0.2) is 9.67 Å². The van der Waals surface area contributed by atoms with Gasteiger partial charge in [-0.2, -0.15) is 5.10 Å². The van der Waals surface area contributed by atoms with E-state index in [1.54, 1.807) is 42.5 Å². The van der Waals surface area contributed by atoms with E-state index in [9.17, 15) is 9.59 Å². The van der Waals surface area contributed by atoms with Crippen LogP contribution in [0, 0.1) is 5.92 Å². The molecule has 1 fully saturated rings. The Labute approximate surface area is 168 Å². The van der Waals surface area contributed by atoms with Gasteiger partial charge in [-0.3, -0.25) is 19.5 Å². The third-order valence-electron chi connectivity index (χ3n) is 5.44. The number of hydrogen-bond acceptors (Lipinski definition) is 6. The molecule has 3 aromatic heterocycles. The van der Waals surface area contributed by atoms with Crippen molar-refractivity contribution in [2.75, 3.05) is 13.1 Å². The molecule has 0 bridgehead atoms. The van der Waals surface area contributed by atoms with E-state index in [1.807, 2.05) is 12.1 Å². The fourth-order valence-corrected chi connectivity index (χ4v) is 3.73. The van der Waals surface area contributed by atoms with Crippen molar-refractivity contribution in [2.45, 2.75) is 25.9 Å². The second kappa shape index (κ2) is 8.48. The molecule has 0 spiro atoms. The minimum absolute atomic E-state index is 0.00537. The molecular formula is C21H24N6O2. The van der Waals surface area contributed by atoms with Crippen LogP contribution in [0.4, 0.5) is 0 Å². The summed E-state index contributed by atoms with van der Waals surface area (Å²) in [7, 11) is 1.72. The van der Waals surface area contributed by atoms with Gasteiger partial charge in [0.25, 0.3) is 11.1 Å². The maximum Gasteiger partial charge on any atom is 0.266 e. The third-order valence-corrected chi connectivity index (χ3v) is 5.44. The van der Waals surface area contributed by atoms with Crippen LogP contribution in [0.5, 0.6) is 0 Å². The predicted molar refractivity (Wildman–Crippen MR) is 109 cm³/mol. The molecule has 1 saturated heterocycles. The van der Waals surface area contributed by atoms with E-state index in [-0.39, 0.29) is 11.1 Å². The number of likely N-dealkylation sites (tertiary alicyclic amines) is 1. The summed E-state index contributed by atoms with van der Waals surface area (Å²) in [5, 5.41) is 4.56. The second-order valence-corrected chi connectivity index (χ2v) is 7.53. The van der Waals surface area contributed by atoms with Crippen LogP contribution in [0.1, 0.15) is 18.4 Å². The molecular weight excluding hydrogens is 368 g/mol. The van der Waals surface area contributed by atoms with Crippen molar-refractivity contribution in [1.29, 1.82) is 0 Å². The molecule has 0 unspecified atom stereocenters. The van der Waals surface area contributed by atoms with Crippen LogP contribution in [0.25, 0.3) is 11.3 Å². The van der Waals surface area contributed by atoms with Gasteiger partial charge in [-0.15, -0.1) is 0 Å². The van der Waals surface area contributed by atoms with Gasteiger partial charge in [0.2, 0.25) is 0 Å². The number of rotatable bonds is 5. The van der Waals surface area contributed by atoms with Gasteiger partial charge >= 0.3 is 0 Å². The number of nitrogens with zero attached hydrogens (tertiary/aromatic N) is 6. The van der Waals surface area contributed by atoms with Crippen LogP contribution in [0.3, 0.4) is 0 Å². The zero-order valence-corrected chi connectivity index (χ0v) is 16.4. The van der Waals surface area contributed by atoms with Crippen LogP contribution in [0.2, 0.25) is 0 Å². The average Bonchev–Trinajstić information content (AvgIpc) is 2.75. The molecule has 0 N–H and O–H groups in total.